The molecule has 0 spiro atoms. The summed E-state index contributed by atoms with van der Waals surface area (Å²) in [5, 5.41) is 7.54. The third-order valence-electron chi connectivity index (χ3n) is 1.97. The van der Waals surface area contributed by atoms with Crippen molar-refractivity contribution >= 4 is 23.0 Å². The standard InChI is InChI=1S/C10H10ClN3O/c11-7-1-2-9(12)10(5-7)13-6-8-3-4-15-14-8/h1-5,13H,6,12H2. The zero-order valence-electron chi connectivity index (χ0n) is 7.90. The van der Waals surface area contributed by atoms with Crippen molar-refractivity contribution in [2.45, 2.75) is 6.54 Å². The van der Waals surface area contributed by atoms with Crippen molar-refractivity contribution in [3.05, 3.63) is 41.2 Å². The van der Waals surface area contributed by atoms with E-state index in [0.29, 0.717) is 17.3 Å². The lowest BCUT2D eigenvalue weighted by Gasteiger charge is -2.07. The number of nitrogens with zero attached hydrogens (tertiary/aromatic N) is 1. The predicted molar refractivity (Wildman–Crippen MR) is 59.7 cm³/mol. The molecule has 0 saturated carbocycles. The topological polar surface area (TPSA) is 64.1 Å². The van der Waals surface area contributed by atoms with Gasteiger partial charge < -0.3 is 15.6 Å². The van der Waals surface area contributed by atoms with Crippen molar-refractivity contribution in [1.82, 2.24) is 5.16 Å². The minimum Gasteiger partial charge on any atom is -0.397 e. The fraction of sp³-hybridized carbons (Fsp3) is 0.100. The normalized spacial score (nSPS) is 10.2. The van der Waals surface area contributed by atoms with E-state index in [0.717, 1.165) is 11.4 Å². The van der Waals surface area contributed by atoms with Gasteiger partial charge in [-0.2, -0.15) is 0 Å². The first-order valence-electron chi connectivity index (χ1n) is 4.44. The van der Waals surface area contributed by atoms with Crippen LogP contribution in [0.15, 0.2) is 35.1 Å². The predicted octanol–water partition coefficient (Wildman–Crippen LogP) is 2.52. The maximum absolute atomic E-state index is 5.85. The molecule has 3 N–H and O–H groups in total. The highest BCUT2D eigenvalue weighted by molar-refractivity contribution is 6.31. The van der Waals surface area contributed by atoms with Gasteiger partial charge in [0.25, 0.3) is 0 Å². The molecule has 0 bridgehead atoms. The monoisotopic (exact) mass is 223 g/mol. The van der Waals surface area contributed by atoms with Crippen LogP contribution in [0.5, 0.6) is 0 Å². The summed E-state index contributed by atoms with van der Waals surface area (Å²) in [5.41, 5.74) is 8.03. The Morgan fingerprint density at radius 1 is 1.40 bits per heavy atom. The van der Waals surface area contributed by atoms with Crippen LogP contribution in [0.3, 0.4) is 0 Å². The lowest BCUT2D eigenvalue weighted by molar-refractivity contribution is 0.412. The van der Waals surface area contributed by atoms with E-state index in [4.69, 9.17) is 21.9 Å². The molecule has 1 aromatic heterocycles. The van der Waals surface area contributed by atoms with E-state index in [9.17, 15) is 0 Å². The molecule has 5 heteroatoms. The number of rotatable bonds is 3. The molecule has 4 nitrogen and oxygen atoms in total. The second-order valence-corrected chi connectivity index (χ2v) is 3.51. The summed E-state index contributed by atoms with van der Waals surface area (Å²) in [6, 6.07) is 7.07. The smallest absolute Gasteiger partial charge is 0.124 e. The van der Waals surface area contributed by atoms with E-state index in [1.54, 1.807) is 24.3 Å². The van der Waals surface area contributed by atoms with E-state index >= 15 is 0 Å². The van der Waals surface area contributed by atoms with Gasteiger partial charge in [-0.25, -0.2) is 0 Å². The molecule has 0 amide bonds. The molecule has 1 aromatic carbocycles. The summed E-state index contributed by atoms with van der Waals surface area (Å²) in [6.07, 6.45) is 1.53. The maximum Gasteiger partial charge on any atom is 0.124 e. The number of hydrogen-bond acceptors (Lipinski definition) is 4. The van der Waals surface area contributed by atoms with Crippen molar-refractivity contribution in [3.8, 4) is 0 Å². The van der Waals surface area contributed by atoms with Crippen molar-refractivity contribution in [1.29, 1.82) is 0 Å². The van der Waals surface area contributed by atoms with Gasteiger partial charge in [0.2, 0.25) is 0 Å². The van der Waals surface area contributed by atoms with Crippen molar-refractivity contribution in [2.24, 2.45) is 0 Å². The maximum atomic E-state index is 5.85. The largest absolute Gasteiger partial charge is 0.397 e. The van der Waals surface area contributed by atoms with Gasteiger partial charge in [-0.15, -0.1) is 0 Å². The number of nitrogens with two attached hydrogens (primary N) is 1. The van der Waals surface area contributed by atoms with Crippen LogP contribution in [0.25, 0.3) is 0 Å². The first-order valence-corrected chi connectivity index (χ1v) is 4.81. The second kappa shape index (κ2) is 4.23. The number of hydrogen-bond donors (Lipinski definition) is 2. The Bertz CT molecular complexity index is 442. The molecule has 2 aromatic rings. The molecule has 0 aliphatic carbocycles. The van der Waals surface area contributed by atoms with E-state index in [-0.39, 0.29) is 0 Å². The van der Waals surface area contributed by atoms with Crippen LogP contribution in [-0.2, 0) is 6.54 Å². The zero-order chi connectivity index (χ0) is 10.7. The second-order valence-electron chi connectivity index (χ2n) is 3.08. The number of benzene rings is 1. The van der Waals surface area contributed by atoms with E-state index in [1.807, 2.05) is 0 Å². The van der Waals surface area contributed by atoms with Gasteiger partial charge in [0.05, 0.1) is 17.9 Å². The third kappa shape index (κ3) is 2.41. The number of aromatic nitrogens is 1. The van der Waals surface area contributed by atoms with Gasteiger partial charge in [-0.05, 0) is 18.2 Å². The molecule has 15 heavy (non-hydrogen) atoms. The summed E-state index contributed by atoms with van der Waals surface area (Å²) < 4.78 is 4.71. The van der Waals surface area contributed by atoms with Crippen LogP contribution in [0.4, 0.5) is 11.4 Å². The molecule has 1 heterocycles. The van der Waals surface area contributed by atoms with Crippen LogP contribution in [0.2, 0.25) is 5.02 Å². The van der Waals surface area contributed by atoms with Crippen molar-refractivity contribution in [2.75, 3.05) is 11.1 Å². The lowest BCUT2D eigenvalue weighted by atomic mass is 10.2. The lowest BCUT2D eigenvalue weighted by Crippen LogP contribution is -2.02. The van der Waals surface area contributed by atoms with E-state index in [2.05, 4.69) is 10.5 Å². The molecule has 0 atom stereocenters. The molecule has 0 radical (unpaired) electrons. The van der Waals surface area contributed by atoms with Crippen LogP contribution in [0.1, 0.15) is 5.69 Å². The first kappa shape index (κ1) is 9.86. The molecular weight excluding hydrogens is 214 g/mol. The fourth-order valence-corrected chi connectivity index (χ4v) is 1.37. The molecule has 0 aliphatic rings. The quantitative estimate of drug-likeness (QED) is 0.785. The minimum absolute atomic E-state index is 0.557. The summed E-state index contributed by atoms with van der Waals surface area (Å²) in [5.74, 6) is 0. The van der Waals surface area contributed by atoms with Crippen molar-refractivity contribution < 1.29 is 4.52 Å². The molecule has 2 rings (SSSR count). The minimum atomic E-state index is 0.557. The van der Waals surface area contributed by atoms with Crippen LogP contribution < -0.4 is 11.1 Å². The zero-order valence-corrected chi connectivity index (χ0v) is 8.66. The first-order chi connectivity index (χ1) is 7.25. The number of halogens is 1. The number of nitrogens with one attached hydrogen (secondary N) is 1. The Balaban J connectivity index is 2.07. The Kier molecular flexibility index (Phi) is 2.78. The highest BCUT2D eigenvalue weighted by Crippen LogP contribution is 2.23. The van der Waals surface area contributed by atoms with Crippen LogP contribution in [0, 0.1) is 0 Å². The number of nitrogen functional groups attached to an aromatic ring is 1. The van der Waals surface area contributed by atoms with Crippen LogP contribution in [-0.4, -0.2) is 5.16 Å². The van der Waals surface area contributed by atoms with Gasteiger partial charge in [0, 0.05) is 11.1 Å². The van der Waals surface area contributed by atoms with Gasteiger partial charge in [-0.1, -0.05) is 16.8 Å². The molecule has 0 fully saturated rings. The van der Waals surface area contributed by atoms with Gasteiger partial charge in [0.1, 0.15) is 12.0 Å². The summed E-state index contributed by atoms with van der Waals surface area (Å²) in [7, 11) is 0. The molecule has 0 aliphatic heterocycles. The SMILES string of the molecule is Nc1ccc(Cl)cc1NCc1ccon1. The highest BCUT2D eigenvalue weighted by atomic mass is 35.5. The van der Waals surface area contributed by atoms with Gasteiger partial charge in [-0.3, -0.25) is 0 Å². The Hall–Kier alpha value is -1.68. The Morgan fingerprint density at radius 3 is 3.00 bits per heavy atom. The fourth-order valence-electron chi connectivity index (χ4n) is 1.20. The highest BCUT2D eigenvalue weighted by Gasteiger charge is 2.01. The number of anilines is 2. The Morgan fingerprint density at radius 2 is 2.27 bits per heavy atom. The summed E-state index contributed by atoms with van der Waals surface area (Å²) >= 11 is 5.85. The van der Waals surface area contributed by atoms with E-state index in [1.165, 1.54) is 6.26 Å². The molecule has 0 unspecified atom stereocenters. The average molecular weight is 224 g/mol. The Labute approximate surface area is 92.0 Å². The molecule has 78 valence electrons. The van der Waals surface area contributed by atoms with Crippen LogP contribution >= 0.6 is 11.6 Å². The third-order valence-corrected chi connectivity index (χ3v) is 2.20. The summed E-state index contributed by atoms with van der Waals surface area (Å²) in [6.45, 7) is 0.557. The summed E-state index contributed by atoms with van der Waals surface area (Å²) in [4.78, 5) is 0. The van der Waals surface area contributed by atoms with Gasteiger partial charge in [0.15, 0.2) is 0 Å². The molecular formula is C10H10ClN3O. The van der Waals surface area contributed by atoms with Crippen molar-refractivity contribution in [3.63, 3.8) is 0 Å². The van der Waals surface area contributed by atoms with E-state index < -0.39 is 0 Å². The molecule has 0 saturated heterocycles. The van der Waals surface area contributed by atoms with Gasteiger partial charge >= 0.3 is 0 Å². The average Bonchev–Trinajstić information content (AvgIpc) is 2.72.